The number of carbonyl (C=O) groups excluding carboxylic acids is 3. The Morgan fingerprint density at radius 2 is 1.69 bits per heavy atom. The highest BCUT2D eigenvalue weighted by Gasteiger charge is 2.36. The van der Waals surface area contributed by atoms with Gasteiger partial charge in [0.1, 0.15) is 6.04 Å². The molecule has 1 heterocycles. The second kappa shape index (κ2) is 7.84. The standard InChI is InChI=1S/C19H34N4O3/c1-18(2,3)12-19(4,5)22-17(26)20-11-15(24)23-10-6-7-14(23)16(25)21-13-8-9-13/h13-14H,6-12H2,1-5H3,(H,21,25)(H2,20,22,26)/t14-/m0/s1. The molecule has 1 saturated heterocycles. The van der Waals surface area contributed by atoms with Gasteiger partial charge >= 0.3 is 6.03 Å². The second-order valence-corrected chi connectivity index (χ2v) is 9.46. The van der Waals surface area contributed by atoms with E-state index in [1.807, 2.05) is 13.8 Å². The predicted molar refractivity (Wildman–Crippen MR) is 101 cm³/mol. The summed E-state index contributed by atoms with van der Waals surface area (Å²) in [6.07, 6.45) is 4.38. The van der Waals surface area contributed by atoms with Crippen LogP contribution >= 0.6 is 0 Å². The zero-order chi connectivity index (χ0) is 19.5. The first-order valence-electron chi connectivity index (χ1n) is 9.63. The highest BCUT2D eigenvalue weighted by molar-refractivity contribution is 5.90. The van der Waals surface area contributed by atoms with Crippen LogP contribution in [0.4, 0.5) is 4.79 Å². The lowest BCUT2D eigenvalue weighted by molar-refractivity contribution is -0.137. The molecule has 148 valence electrons. The Morgan fingerprint density at radius 1 is 1.04 bits per heavy atom. The number of nitrogens with zero attached hydrogens (tertiary/aromatic N) is 1. The van der Waals surface area contributed by atoms with E-state index in [1.54, 1.807) is 4.90 Å². The van der Waals surface area contributed by atoms with Crippen LogP contribution in [0.3, 0.4) is 0 Å². The Morgan fingerprint density at radius 3 is 2.27 bits per heavy atom. The highest BCUT2D eigenvalue weighted by Crippen LogP contribution is 2.26. The quantitative estimate of drug-likeness (QED) is 0.669. The van der Waals surface area contributed by atoms with Crippen molar-refractivity contribution in [2.75, 3.05) is 13.1 Å². The topological polar surface area (TPSA) is 90.5 Å². The van der Waals surface area contributed by atoms with Crippen molar-refractivity contribution < 1.29 is 14.4 Å². The summed E-state index contributed by atoms with van der Waals surface area (Å²) < 4.78 is 0. The van der Waals surface area contributed by atoms with E-state index in [1.165, 1.54) is 0 Å². The molecule has 1 aliphatic heterocycles. The number of nitrogens with one attached hydrogen (secondary N) is 3. The van der Waals surface area contributed by atoms with Gasteiger partial charge in [0.15, 0.2) is 0 Å². The average molecular weight is 367 g/mol. The molecule has 0 radical (unpaired) electrons. The van der Waals surface area contributed by atoms with Gasteiger partial charge in [-0.2, -0.15) is 0 Å². The SMILES string of the molecule is CC(C)(C)CC(C)(C)NC(=O)NCC(=O)N1CCC[C@H]1C(=O)NC1CC1. The van der Waals surface area contributed by atoms with Crippen molar-refractivity contribution in [2.24, 2.45) is 5.41 Å². The van der Waals surface area contributed by atoms with Gasteiger partial charge < -0.3 is 20.9 Å². The first kappa shape index (κ1) is 20.5. The Balaban J connectivity index is 1.79. The molecule has 0 aromatic heterocycles. The number of hydrogen-bond donors (Lipinski definition) is 3. The molecule has 0 aromatic carbocycles. The lowest BCUT2D eigenvalue weighted by atomic mass is 9.82. The van der Waals surface area contributed by atoms with Crippen LogP contribution in [0.2, 0.25) is 0 Å². The molecular weight excluding hydrogens is 332 g/mol. The first-order chi connectivity index (χ1) is 12.0. The molecule has 1 atom stereocenters. The van der Waals surface area contributed by atoms with Crippen molar-refractivity contribution in [1.82, 2.24) is 20.9 Å². The molecule has 3 N–H and O–H groups in total. The van der Waals surface area contributed by atoms with Crippen molar-refractivity contribution in [3.63, 3.8) is 0 Å². The number of hydrogen-bond acceptors (Lipinski definition) is 3. The van der Waals surface area contributed by atoms with Crippen LogP contribution in [0.5, 0.6) is 0 Å². The summed E-state index contributed by atoms with van der Waals surface area (Å²) >= 11 is 0. The lowest BCUT2D eigenvalue weighted by Crippen LogP contribution is -2.53. The molecule has 4 amide bonds. The van der Waals surface area contributed by atoms with Crippen LogP contribution in [-0.2, 0) is 9.59 Å². The summed E-state index contributed by atoms with van der Waals surface area (Å²) in [5.41, 5.74) is -0.282. The molecule has 2 fully saturated rings. The number of rotatable bonds is 6. The normalized spacial score (nSPS) is 20.7. The van der Waals surface area contributed by atoms with Crippen molar-refractivity contribution >= 4 is 17.8 Å². The van der Waals surface area contributed by atoms with E-state index in [-0.39, 0.29) is 41.4 Å². The van der Waals surface area contributed by atoms with Gasteiger partial charge in [-0.15, -0.1) is 0 Å². The Kier molecular flexibility index (Phi) is 6.19. The molecule has 1 aliphatic carbocycles. The second-order valence-electron chi connectivity index (χ2n) is 9.46. The van der Waals surface area contributed by atoms with Crippen LogP contribution in [0, 0.1) is 5.41 Å². The van der Waals surface area contributed by atoms with Crippen molar-refractivity contribution in [2.45, 2.75) is 84.3 Å². The highest BCUT2D eigenvalue weighted by atomic mass is 16.2. The fourth-order valence-electron chi connectivity index (χ4n) is 3.84. The van der Waals surface area contributed by atoms with Crippen LogP contribution < -0.4 is 16.0 Å². The van der Waals surface area contributed by atoms with E-state index in [4.69, 9.17) is 0 Å². The summed E-state index contributed by atoms with van der Waals surface area (Å²) in [7, 11) is 0. The van der Waals surface area contributed by atoms with Crippen molar-refractivity contribution in [3.05, 3.63) is 0 Å². The van der Waals surface area contributed by atoms with Crippen LogP contribution in [0.15, 0.2) is 0 Å². The Bertz CT molecular complexity index is 549. The maximum absolute atomic E-state index is 12.5. The average Bonchev–Trinajstić information content (AvgIpc) is 3.13. The fourth-order valence-corrected chi connectivity index (χ4v) is 3.84. The Hall–Kier alpha value is -1.79. The number of likely N-dealkylation sites (tertiary alicyclic amines) is 1. The molecule has 0 aromatic rings. The monoisotopic (exact) mass is 366 g/mol. The number of carbonyl (C=O) groups is 3. The van der Waals surface area contributed by atoms with Crippen LogP contribution in [0.1, 0.15) is 66.7 Å². The van der Waals surface area contributed by atoms with Gasteiger partial charge in [-0.05, 0) is 51.4 Å². The number of amides is 4. The third kappa shape index (κ3) is 6.50. The molecule has 7 heteroatoms. The minimum absolute atomic E-state index is 0.0610. The van der Waals surface area contributed by atoms with Crippen LogP contribution in [0.25, 0.3) is 0 Å². The summed E-state index contributed by atoms with van der Waals surface area (Å²) in [6, 6.07) is -0.468. The maximum Gasteiger partial charge on any atom is 0.315 e. The minimum atomic E-state index is -0.398. The zero-order valence-electron chi connectivity index (χ0n) is 16.8. The van der Waals surface area contributed by atoms with Gasteiger partial charge in [0.25, 0.3) is 0 Å². The zero-order valence-corrected chi connectivity index (χ0v) is 16.8. The van der Waals surface area contributed by atoms with Gasteiger partial charge in [0, 0.05) is 18.1 Å². The summed E-state index contributed by atoms with van der Waals surface area (Å²) in [5, 5.41) is 8.53. The van der Waals surface area contributed by atoms with Gasteiger partial charge in [-0.25, -0.2) is 4.79 Å². The minimum Gasteiger partial charge on any atom is -0.352 e. The lowest BCUT2D eigenvalue weighted by Gasteiger charge is -2.33. The van der Waals surface area contributed by atoms with E-state index < -0.39 is 6.04 Å². The smallest absolute Gasteiger partial charge is 0.315 e. The van der Waals surface area contributed by atoms with Gasteiger partial charge in [-0.1, -0.05) is 20.8 Å². The van der Waals surface area contributed by atoms with E-state index in [0.29, 0.717) is 13.0 Å². The molecule has 0 bridgehead atoms. The number of urea groups is 1. The third-order valence-corrected chi connectivity index (χ3v) is 4.62. The molecule has 1 saturated carbocycles. The molecule has 0 unspecified atom stereocenters. The van der Waals surface area contributed by atoms with Gasteiger partial charge in [0.2, 0.25) is 11.8 Å². The summed E-state index contributed by atoms with van der Waals surface area (Å²) in [6.45, 7) is 10.8. The van der Waals surface area contributed by atoms with E-state index in [0.717, 1.165) is 25.7 Å². The third-order valence-electron chi connectivity index (χ3n) is 4.62. The summed E-state index contributed by atoms with van der Waals surface area (Å²) in [4.78, 5) is 38.5. The van der Waals surface area contributed by atoms with Gasteiger partial charge in [-0.3, -0.25) is 9.59 Å². The molecule has 26 heavy (non-hydrogen) atoms. The first-order valence-corrected chi connectivity index (χ1v) is 9.63. The summed E-state index contributed by atoms with van der Waals surface area (Å²) in [5.74, 6) is -0.267. The van der Waals surface area contributed by atoms with E-state index in [9.17, 15) is 14.4 Å². The predicted octanol–water partition coefficient (Wildman–Crippen LogP) is 1.77. The largest absolute Gasteiger partial charge is 0.352 e. The maximum atomic E-state index is 12.5. The fraction of sp³-hybridized carbons (Fsp3) is 0.842. The molecule has 2 aliphatic rings. The van der Waals surface area contributed by atoms with Crippen LogP contribution in [-0.4, -0.2) is 53.5 Å². The van der Waals surface area contributed by atoms with E-state index in [2.05, 4.69) is 36.7 Å². The van der Waals surface area contributed by atoms with Gasteiger partial charge in [0.05, 0.1) is 6.54 Å². The molecular formula is C19H34N4O3. The Labute approximate surface area is 156 Å². The van der Waals surface area contributed by atoms with Crippen molar-refractivity contribution in [1.29, 1.82) is 0 Å². The van der Waals surface area contributed by atoms with E-state index >= 15 is 0 Å². The van der Waals surface area contributed by atoms with Crippen molar-refractivity contribution in [3.8, 4) is 0 Å². The molecule has 0 spiro atoms. The molecule has 7 nitrogen and oxygen atoms in total. The molecule has 2 rings (SSSR count).